The fourth-order valence-electron chi connectivity index (χ4n) is 2.30. The van der Waals surface area contributed by atoms with Gasteiger partial charge in [-0.15, -0.1) is 0 Å². The molecule has 0 N–H and O–H groups in total. The van der Waals surface area contributed by atoms with Crippen LogP contribution in [0.4, 0.5) is 0 Å². The monoisotopic (exact) mass is 410 g/mol. The van der Waals surface area contributed by atoms with Gasteiger partial charge in [0.25, 0.3) is 0 Å². The molecule has 3 heteroatoms. The molecular weight excluding hydrogens is 392 g/mol. The first-order chi connectivity index (χ1) is 10.1. The van der Waals surface area contributed by atoms with Gasteiger partial charge in [0.15, 0.2) is 0 Å². The fraction of sp³-hybridized carbons (Fsp3) is 0.333. The number of alkyl halides is 1. The summed E-state index contributed by atoms with van der Waals surface area (Å²) in [6, 6.07) is 15.0. The summed E-state index contributed by atoms with van der Waals surface area (Å²) in [7, 11) is 1.71. The maximum Gasteiger partial charge on any atom is 0.124 e. The van der Waals surface area contributed by atoms with Crippen LogP contribution in [0, 0.1) is 0 Å². The predicted molar refractivity (Wildman–Crippen MR) is 96.6 cm³/mol. The minimum Gasteiger partial charge on any atom is -0.496 e. The summed E-state index contributed by atoms with van der Waals surface area (Å²) in [6.45, 7) is 4.48. The van der Waals surface area contributed by atoms with Crippen molar-refractivity contribution in [3.05, 3.63) is 63.6 Å². The third-order valence-electron chi connectivity index (χ3n) is 3.88. The highest BCUT2D eigenvalue weighted by Gasteiger charge is 2.16. The molecule has 0 saturated carbocycles. The average Bonchev–Trinajstić information content (AvgIpc) is 2.53. The molecule has 0 fully saturated rings. The molecule has 21 heavy (non-hydrogen) atoms. The molecule has 112 valence electrons. The fourth-order valence-corrected chi connectivity index (χ4v) is 3.33. The van der Waals surface area contributed by atoms with Crippen molar-refractivity contribution in [2.24, 2.45) is 0 Å². The molecule has 2 aromatic rings. The summed E-state index contributed by atoms with van der Waals surface area (Å²) in [6.07, 6.45) is 1.16. The zero-order chi connectivity index (χ0) is 15.4. The van der Waals surface area contributed by atoms with Gasteiger partial charge in [0.05, 0.1) is 11.9 Å². The summed E-state index contributed by atoms with van der Waals surface area (Å²) < 4.78 is 6.51. The van der Waals surface area contributed by atoms with Gasteiger partial charge < -0.3 is 4.74 Å². The first-order valence-electron chi connectivity index (χ1n) is 7.14. The van der Waals surface area contributed by atoms with Crippen molar-refractivity contribution in [3.63, 3.8) is 0 Å². The van der Waals surface area contributed by atoms with Gasteiger partial charge in [0.1, 0.15) is 5.75 Å². The SMILES string of the molecule is CCC(C)c1ccc(C(Br)c2ccc(Br)cc2OC)cc1. The van der Waals surface area contributed by atoms with Gasteiger partial charge in [0, 0.05) is 10.0 Å². The molecule has 2 atom stereocenters. The topological polar surface area (TPSA) is 9.23 Å². The zero-order valence-corrected chi connectivity index (χ0v) is 15.7. The predicted octanol–water partition coefficient (Wildman–Crippen LogP) is 6.46. The number of ether oxygens (including phenoxy) is 1. The largest absolute Gasteiger partial charge is 0.496 e. The Hall–Kier alpha value is -0.800. The molecule has 0 aliphatic rings. The number of halogens is 2. The van der Waals surface area contributed by atoms with E-state index in [2.05, 4.69) is 76.0 Å². The van der Waals surface area contributed by atoms with E-state index in [1.807, 2.05) is 12.1 Å². The number of rotatable bonds is 5. The lowest BCUT2D eigenvalue weighted by Gasteiger charge is -2.16. The van der Waals surface area contributed by atoms with Gasteiger partial charge in [-0.3, -0.25) is 0 Å². The van der Waals surface area contributed by atoms with Crippen LogP contribution in [0.2, 0.25) is 0 Å². The van der Waals surface area contributed by atoms with E-state index in [0.29, 0.717) is 5.92 Å². The van der Waals surface area contributed by atoms with E-state index < -0.39 is 0 Å². The highest BCUT2D eigenvalue weighted by Crippen LogP contribution is 2.38. The van der Waals surface area contributed by atoms with Crippen molar-refractivity contribution in [3.8, 4) is 5.75 Å². The van der Waals surface area contributed by atoms with Gasteiger partial charge >= 0.3 is 0 Å². The average molecular weight is 412 g/mol. The van der Waals surface area contributed by atoms with E-state index in [0.717, 1.165) is 22.2 Å². The summed E-state index contributed by atoms with van der Waals surface area (Å²) >= 11 is 7.27. The lowest BCUT2D eigenvalue weighted by molar-refractivity contribution is 0.410. The van der Waals surface area contributed by atoms with E-state index in [4.69, 9.17) is 4.74 Å². The number of benzene rings is 2. The number of methoxy groups -OCH3 is 1. The first-order valence-corrected chi connectivity index (χ1v) is 8.85. The van der Waals surface area contributed by atoms with Crippen molar-refractivity contribution < 1.29 is 4.74 Å². The maximum absolute atomic E-state index is 5.49. The molecule has 0 spiro atoms. The maximum atomic E-state index is 5.49. The van der Waals surface area contributed by atoms with Crippen LogP contribution >= 0.6 is 31.9 Å². The molecule has 0 heterocycles. The van der Waals surface area contributed by atoms with Gasteiger partial charge in [-0.1, -0.05) is 76.0 Å². The molecule has 2 rings (SSSR count). The van der Waals surface area contributed by atoms with Crippen molar-refractivity contribution >= 4 is 31.9 Å². The summed E-state index contributed by atoms with van der Waals surface area (Å²) in [4.78, 5) is 0.131. The molecule has 0 radical (unpaired) electrons. The number of hydrogen-bond acceptors (Lipinski definition) is 1. The Morgan fingerprint density at radius 1 is 1.05 bits per heavy atom. The van der Waals surface area contributed by atoms with Crippen molar-refractivity contribution in [1.82, 2.24) is 0 Å². The van der Waals surface area contributed by atoms with Crippen LogP contribution in [0.15, 0.2) is 46.9 Å². The lowest BCUT2D eigenvalue weighted by atomic mass is 9.96. The quantitative estimate of drug-likeness (QED) is 0.513. The normalized spacial score (nSPS) is 13.8. The van der Waals surface area contributed by atoms with Crippen molar-refractivity contribution in [1.29, 1.82) is 0 Å². The van der Waals surface area contributed by atoms with Crippen LogP contribution in [-0.4, -0.2) is 7.11 Å². The summed E-state index contributed by atoms with van der Waals surface area (Å²) in [5.41, 5.74) is 3.77. The number of hydrogen-bond donors (Lipinski definition) is 0. The van der Waals surface area contributed by atoms with Gasteiger partial charge in [-0.05, 0) is 35.6 Å². The molecule has 0 amide bonds. The summed E-state index contributed by atoms with van der Waals surface area (Å²) in [5.74, 6) is 1.49. The molecule has 1 nitrogen and oxygen atoms in total. The first kappa shape index (κ1) is 16.6. The van der Waals surface area contributed by atoms with E-state index in [9.17, 15) is 0 Å². The Kier molecular flexibility index (Phi) is 5.88. The Morgan fingerprint density at radius 3 is 2.24 bits per heavy atom. The van der Waals surface area contributed by atoms with E-state index in [-0.39, 0.29) is 4.83 Å². The molecule has 2 aromatic carbocycles. The molecule has 0 saturated heterocycles. The lowest BCUT2D eigenvalue weighted by Crippen LogP contribution is -1.98. The van der Waals surface area contributed by atoms with Crippen LogP contribution < -0.4 is 4.74 Å². The second-order valence-corrected chi connectivity index (χ2v) is 7.06. The highest BCUT2D eigenvalue weighted by molar-refractivity contribution is 9.10. The van der Waals surface area contributed by atoms with Crippen molar-refractivity contribution in [2.45, 2.75) is 31.0 Å². The van der Waals surface area contributed by atoms with Crippen LogP contribution in [0.1, 0.15) is 47.7 Å². The minimum absolute atomic E-state index is 0.131. The Balaban J connectivity index is 2.29. The summed E-state index contributed by atoms with van der Waals surface area (Å²) in [5, 5.41) is 0. The van der Waals surface area contributed by atoms with Crippen molar-refractivity contribution in [2.75, 3.05) is 7.11 Å². The third-order valence-corrected chi connectivity index (χ3v) is 5.39. The molecule has 0 aliphatic carbocycles. The van der Waals surface area contributed by atoms with E-state index in [1.54, 1.807) is 7.11 Å². The van der Waals surface area contributed by atoms with Gasteiger partial charge in [-0.25, -0.2) is 0 Å². The third kappa shape index (κ3) is 3.89. The Labute approximate surface area is 144 Å². The van der Waals surface area contributed by atoms with Crippen LogP contribution in [0.5, 0.6) is 5.75 Å². The Bertz CT molecular complexity index is 593. The standard InChI is InChI=1S/C18H20Br2O/c1-4-12(2)13-5-7-14(8-6-13)18(20)16-10-9-15(19)11-17(16)21-3/h5-12,18H,4H2,1-3H3. The highest BCUT2D eigenvalue weighted by atomic mass is 79.9. The minimum atomic E-state index is 0.131. The smallest absolute Gasteiger partial charge is 0.124 e. The second kappa shape index (κ2) is 7.46. The molecule has 0 aromatic heterocycles. The van der Waals surface area contributed by atoms with Gasteiger partial charge in [0.2, 0.25) is 0 Å². The molecular formula is C18H20Br2O. The zero-order valence-electron chi connectivity index (χ0n) is 12.6. The second-order valence-electron chi connectivity index (χ2n) is 5.22. The molecule has 0 bridgehead atoms. The van der Waals surface area contributed by atoms with Crippen LogP contribution in [0.25, 0.3) is 0 Å². The Morgan fingerprint density at radius 2 is 1.67 bits per heavy atom. The van der Waals surface area contributed by atoms with Gasteiger partial charge in [-0.2, -0.15) is 0 Å². The molecule has 0 aliphatic heterocycles. The van der Waals surface area contributed by atoms with E-state index in [1.165, 1.54) is 11.1 Å². The van der Waals surface area contributed by atoms with E-state index >= 15 is 0 Å². The molecule has 2 unspecified atom stereocenters. The van der Waals surface area contributed by atoms with Crippen LogP contribution in [-0.2, 0) is 0 Å². The van der Waals surface area contributed by atoms with Crippen LogP contribution in [0.3, 0.4) is 0 Å².